The third kappa shape index (κ3) is 3.04. The van der Waals surface area contributed by atoms with Crippen LogP contribution in [-0.4, -0.2) is 11.7 Å². The molecule has 0 bridgehead atoms. The van der Waals surface area contributed by atoms with E-state index in [2.05, 4.69) is 5.32 Å². The molecule has 0 aliphatic carbocycles. The predicted molar refractivity (Wildman–Crippen MR) is 70.8 cm³/mol. The van der Waals surface area contributed by atoms with Gasteiger partial charge in [-0.2, -0.15) is 0 Å². The number of anilines is 1. The van der Waals surface area contributed by atoms with E-state index in [1.54, 1.807) is 24.3 Å². The maximum atomic E-state index is 12.8. The number of halogens is 1. The molecular formula is C15H12FNO2. The van der Waals surface area contributed by atoms with Gasteiger partial charge < -0.3 is 5.32 Å². The number of carbonyl (C=O) groups is 2. The van der Waals surface area contributed by atoms with E-state index in [0.29, 0.717) is 16.8 Å². The van der Waals surface area contributed by atoms with Crippen molar-refractivity contribution in [1.29, 1.82) is 0 Å². The second-order valence-electron chi connectivity index (χ2n) is 4.06. The van der Waals surface area contributed by atoms with Crippen LogP contribution >= 0.6 is 0 Å². The van der Waals surface area contributed by atoms with Crippen molar-refractivity contribution >= 4 is 17.4 Å². The molecule has 0 spiro atoms. The van der Waals surface area contributed by atoms with Gasteiger partial charge >= 0.3 is 0 Å². The molecule has 0 aromatic heterocycles. The van der Waals surface area contributed by atoms with Crippen LogP contribution in [0.25, 0.3) is 0 Å². The van der Waals surface area contributed by atoms with Crippen molar-refractivity contribution in [2.75, 3.05) is 5.32 Å². The highest BCUT2D eigenvalue weighted by Crippen LogP contribution is 2.16. The molecule has 0 atom stereocenters. The van der Waals surface area contributed by atoms with Gasteiger partial charge in [0.25, 0.3) is 5.91 Å². The largest absolute Gasteiger partial charge is 0.321 e. The molecule has 0 aliphatic rings. The van der Waals surface area contributed by atoms with Gasteiger partial charge in [0.2, 0.25) is 0 Å². The van der Waals surface area contributed by atoms with E-state index in [1.165, 1.54) is 31.2 Å². The SMILES string of the molecule is CC(=O)c1ccccc1NC(=O)c1ccc(F)cc1. The molecule has 96 valence electrons. The number of hydrogen-bond acceptors (Lipinski definition) is 2. The zero-order valence-corrected chi connectivity index (χ0v) is 10.3. The van der Waals surface area contributed by atoms with Crippen LogP contribution in [0, 0.1) is 5.82 Å². The van der Waals surface area contributed by atoms with Crippen LogP contribution in [0.15, 0.2) is 48.5 Å². The lowest BCUT2D eigenvalue weighted by Gasteiger charge is -2.08. The molecule has 2 rings (SSSR count). The van der Waals surface area contributed by atoms with Crippen molar-refractivity contribution < 1.29 is 14.0 Å². The van der Waals surface area contributed by atoms with Gasteiger partial charge in [-0.1, -0.05) is 12.1 Å². The fourth-order valence-electron chi connectivity index (χ4n) is 1.69. The highest BCUT2D eigenvalue weighted by atomic mass is 19.1. The number of Topliss-reactive ketones (excluding diaryl/α,β-unsaturated/α-hetero) is 1. The van der Waals surface area contributed by atoms with Crippen LogP contribution < -0.4 is 5.32 Å². The Bertz CT molecular complexity index is 620. The van der Waals surface area contributed by atoms with E-state index in [0.717, 1.165) is 0 Å². The van der Waals surface area contributed by atoms with E-state index in [9.17, 15) is 14.0 Å². The Morgan fingerprint density at radius 1 is 1.00 bits per heavy atom. The summed E-state index contributed by atoms with van der Waals surface area (Å²) in [6.07, 6.45) is 0. The van der Waals surface area contributed by atoms with Gasteiger partial charge in [0.15, 0.2) is 5.78 Å². The molecule has 1 amide bonds. The van der Waals surface area contributed by atoms with Gasteiger partial charge in [0.1, 0.15) is 5.82 Å². The first-order chi connectivity index (χ1) is 9.08. The maximum Gasteiger partial charge on any atom is 0.255 e. The molecule has 2 aromatic carbocycles. The van der Waals surface area contributed by atoms with Crippen molar-refractivity contribution in [2.24, 2.45) is 0 Å². The monoisotopic (exact) mass is 257 g/mol. The Kier molecular flexibility index (Phi) is 3.71. The normalized spacial score (nSPS) is 10.0. The highest BCUT2D eigenvalue weighted by Gasteiger charge is 2.11. The lowest BCUT2D eigenvalue weighted by atomic mass is 10.1. The summed E-state index contributed by atoms with van der Waals surface area (Å²) in [5.74, 6) is -0.913. The topological polar surface area (TPSA) is 46.2 Å². The summed E-state index contributed by atoms with van der Waals surface area (Å²) in [4.78, 5) is 23.4. The van der Waals surface area contributed by atoms with Gasteiger partial charge in [-0.25, -0.2) is 4.39 Å². The summed E-state index contributed by atoms with van der Waals surface area (Å²) in [6, 6.07) is 12.0. The summed E-state index contributed by atoms with van der Waals surface area (Å²) in [7, 11) is 0. The van der Waals surface area contributed by atoms with Crippen LogP contribution in [0.5, 0.6) is 0 Å². The zero-order valence-electron chi connectivity index (χ0n) is 10.3. The van der Waals surface area contributed by atoms with Crippen molar-refractivity contribution in [3.63, 3.8) is 0 Å². The number of rotatable bonds is 3. The number of carbonyl (C=O) groups excluding carboxylic acids is 2. The maximum absolute atomic E-state index is 12.8. The van der Waals surface area contributed by atoms with Crippen molar-refractivity contribution in [1.82, 2.24) is 0 Å². The fraction of sp³-hybridized carbons (Fsp3) is 0.0667. The van der Waals surface area contributed by atoms with E-state index >= 15 is 0 Å². The number of benzene rings is 2. The Hall–Kier alpha value is -2.49. The minimum Gasteiger partial charge on any atom is -0.321 e. The molecule has 0 fully saturated rings. The first-order valence-corrected chi connectivity index (χ1v) is 5.75. The summed E-state index contributed by atoms with van der Waals surface area (Å²) >= 11 is 0. The Morgan fingerprint density at radius 3 is 2.26 bits per heavy atom. The van der Waals surface area contributed by atoms with Crippen molar-refractivity contribution in [3.8, 4) is 0 Å². The minimum absolute atomic E-state index is 0.130. The number of amides is 1. The van der Waals surface area contributed by atoms with Gasteiger partial charge in [0.05, 0.1) is 5.69 Å². The lowest BCUT2D eigenvalue weighted by Crippen LogP contribution is -2.14. The van der Waals surface area contributed by atoms with E-state index < -0.39 is 5.82 Å². The Balaban J connectivity index is 2.24. The van der Waals surface area contributed by atoms with Crippen molar-refractivity contribution in [2.45, 2.75) is 6.92 Å². The average Bonchev–Trinajstić information content (AvgIpc) is 2.39. The average molecular weight is 257 g/mol. The summed E-state index contributed by atoms with van der Waals surface area (Å²) in [5.41, 5.74) is 1.22. The molecule has 19 heavy (non-hydrogen) atoms. The molecule has 0 unspecified atom stereocenters. The molecule has 4 heteroatoms. The lowest BCUT2D eigenvalue weighted by molar-refractivity contribution is 0.101. The molecule has 0 heterocycles. The first kappa shape index (κ1) is 13.0. The van der Waals surface area contributed by atoms with Crippen molar-refractivity contribution in [3.05, 3.63) is 65.5 Å². The number of hydrogen-bond donors (Lipinski definition) is 1. The van der Waals surface area contributed by atoms with Crippen LogP contribution in [0.1, 0.15) is 27.6 Å². The second-order valence-corrected chi connectivity index (χ2v) is 4.06. The third-order valence-electron chi connectivity index (χ3n) is 2.66. The zero-order chi connectivity index (χ0) is 13.8. The highest BCUT2D eigenvalue weighted by molar-refractivity contribution is 6.08. The van der Waals surface area contributed by atoms with Gasteiger partial charge in [-0.05, 0) is 43.3 Å². The first-order valence-electron chi connectivity index (χ1n) is 5.75. The van der Waals surface area contributed by atoms with E-state index in [1.807, 2.05) is 0 Å². The van der Waals surface area contributed by atoms with Crippen LogP contribution in [0.4, 0.5) is 10.1 Å². The summed E-state index contributed by atoms with van der Waals surface area (Å²) in [6.45, 7) is 1.43. The molecule has 1 N–H and O–H groups in total. The van der Waals surface area contributed by atoms with E-state index in [4.69, 9.17) is 0 Å². The summed E-state index contributed by atoms with van der Waals surface area (Å²) in [5, 5.41) is 2.65. The molecule has 0 saturated carbocycles. The fourth-order valence-corrected chi connectivity index (χ4v) is 1.69. The minimum atomic E-state index is -0.402. The smallest absolute Gasteiger partial charge is 0.255 e. The molecule has 3 nitrogen and oxygen atoms in total. The van der Waals surface area contributed by atoms with Crippen LogP contribution in [-0.2, 0) is 0 Å². The molecule has 0 radical (unpaired) electrons. The molecular weight excluding hydrogens is 245 g/mol. The predicted octanol–water partition coefficient (Wildman–Crippen LogP) is 3.28. The standard InChI is InChI=1S/C15H12FNO2/c1-10(18)13-4-2-3-5-14(13)17-15(19)11-6-8-12(16)9-7-11/h2-9H,1H3,(H,17,19). The molecule has 2 aromatic rings. The van der Waals surface area contributed by atoms with Gasteiger partial charge in [0, 0.05) is 11.1 Å². The number of para-hydroxylation sites is 1. The molecule has 0 aliphatic heterocycles. The summed E-state index contributed by atoms with van der Waals surface area (Å²) < 4.78 is 12.8. The van der Waals surface area contributed by atoms with Gasteiger partial charge in [-0.15, -0.1) is 0 Å². The van der Waals surface area contributed by atoms with Gasteiger partial charge in [-0.3, -0.25) is 9.59 Å². The van der Waals surface area contributed by atoms with E-state index in [-0.39, 0.29) is 11.7 Å². The Morgan fingerprint density at radius 2 is 1.63 bits per heavy atom. The van der Waals surface area contributed by atoms with Crippen LogP contribution in [0.2, 0.25) is 0 Å². The number of nitrogens with one attached hydrogen (secondary N) is 1. The quantitative estimate of drug-likeness (QED) is 0.858. The third-order valence-corrected chi connectivity index (χ3v) is 2.66. The molecule has 0 saturated heterocycles. The Labute approximate surface area is 110 Å². The number of ketones is 1. The second kappa shape index (κ2) is 5.44. The van der Waals surface area contributed by atoms with Crippen LogP contribution in [0.3, 0.4) is 0 Å².